The van der Waals surface area contributed by atoms with Crippen LogP contribution in [0.5, 0.6) is 5.75 Å². The summed E-state index contributed by atoms with van der Waals surface area (Å²) in [4.78, 5) is 12.2. The lowest BCUT2D eigenvalue weighted by molar-refractivity contribution is 0.0950. The standard InChI is InChI=1S/C24H20N4O2/c29-24(28-25-16-18-7-3-1-4-8-18)23-15-22(26-27-23)20-11-13-21(14-12-20)30-17-19-9-5-2-6-10-19/h1-16H,17H2,(H,26,27)(H,28,29)/b25-16+. The third-order valence-corrected chi connectivity index (χ3v) is 4.40. The fraction of sp³-hybridized carbons (Fsp3) is 0.0417. The summed E-state index contributed by atoms with van der Waals surface area (Å²) in [5.41, 5.74) is 6.39. The highest BCUT2D eigenvalue weighted by Gasteiger charge is 2.10. The molecule has 30 heavy (non-hydrogen) atoms. The predicted octanol–water partition coefficient (Wildman–Crippen LogP) is 4.42. The number of carbonyl (C=O) groups excluding carboxylic acids is 1. The summed E-state index contributed by atoms with van der Waals surface area (Å²) >= 11 is 0. The summed E-state index contributed by atoms with van der Waals surface area (Å²) in [6.45, 7) is 0.510. The molecule has 4 aromatic rings. The van der Waals surface area contributed by atoms with E-state index in [4.69, 9.17) is 4.74 Å². The number of benzene rings is 3. The fourth-order valence-corrected chi connectivity index (χ4v) is 2.81. The van der Waals surface area contributed by atoms with E-state index in [1.54, 1.807) is 12.3 Å². The number of hydrogen-bond donors (Lipinski definition) is 2. The Balaban J connectivity index is 1.35. The molecule has 1 aromatic heterocycles. The van der Waals surface area contributed by atoms with Gasteiger partial charge in [-0.25, -0.2) is 5.43 Å². The normalized spacial score (nSPS) is 10.8. The molecule has 1 heterocycles. The summed E-state index contributed by atoms with van der Waals surface area (Å²) in [7, 11) is 0. The minimum Gasteiger partial charge on any atom is -0.489 e. The van der Waals surface area contributed by atoms with E-state index in [0.29, 0.717) is 18.0 Å². The minimum absolute atomic E-state index is 0.333. The second-order valence-electron chi connectivity index (χ2n) is 6.58. The SMILES string of the molecule is O=C(N/N=C/c1ccccc1)c1cc(-c2ccc(OCc3ccccc3)cc2)n[nH]1. The predicted molar refractivity (Wildman–Crippen MR) is 116 cm³/mol. The summed E-state index contributed by atoms with van der Waals surface area (Å²) in [6.07, 6.45) is 1.59. The van der Waals surface area contributed by atoms with E-state index in [0.717, 1.165) is 22.4 Å². The first-order valence-electron chi connectivity index (χ1n) is 9.49. The van der Waals surface area contributed by atoms with Gasteiger partial charge in [-0.05, 0) is 41.5 Å². The lowest BCUT2D eigenvalue weighted by Gasteiger charge is -2.06. The van der Waals surface area contributed by atoms with Gasteiger partial charge in [0.1, 0.15) is 18.1 Å². The number of aromatic nitrogens is 2. The monoisotopic (exact) mass is 396 g/mol. The lowest BCUT2D eigenvalue weighted by atomic mass is 10.1. The molecule has 1 amide bonds. The zero-order valence-electron chi connectivity index (χ0n) is 16.2. The maximum atomic E-state index is 12.2. The molecule has 0 atom stereocenters. The maximum Gasteiger partial charge on any atom is 0.289 e. The van der Waals surface area contributed by atoms with Crippen LogP contribution in [-0.2, 0) is 6.61 Å². The Labute approximate surface area is 174 Å². The highest BCUT2D eigenvalue weighted by Crippen LogP contribution is 2.22. The van der Waals surface area contributed by atoms with Gasteiger partial charge >= 0.3 is 0 Å². The number of carbonyl (C=O) groups is 1. The van der Waals surface area contributed by atoms with Crippen LogP contribution in [0.4, 0.5) is 0 Å². The summed E-state index contributed by atoms with van der Waals surface area (Å²) in [5.74, 6) is 0.412. The van der Waals surface area contributed by atoms with Crippen LogP contribution in [0.1, 0.15) is 21.6 Å². The molecule has 0 bridgehead atoms. The molecule has 0 fully saturated rings. The average Bonchev–Trinajstić information content (AvgIpc) is 3.30. The van der Waals surface area contributed by atoms with Crippen molar-refractivity contribution < 1.29 is 9.53 Å². The Morgan fingerprint density at radius 3 is 2.40 bits per heavy atom. The van der Waals surface area contributed by atoms with Gasteiger partial charge in [-0.3, -0.25) is 9.89 Å². The molecule has 2 N–H and O–H groups in total. The highest BCUT2D eigenvalue weighted by atomic mass is 16.5. The van der Waals surface area contributed by atoms with Gasteiger partial charge in [-0.1, -0.05) is 60.7 Å². The summed E-state index contributed by atoms with van der Waals surface area (Å²) in [5, 5.41) is 10.9. The number of amides is 1. The number of nitrogens with zero attached hydrogens (tertiary/aromatic N) is 2. The Bertz CT molecular complexity index is 1120. The molecule has 0 aliphatic rings. The first-order valence-corrected chi connectivity index (χ1v) is 9.49. The van der Waals surface area contributed by atoms with Gasteiger partial charge in [0, 0.05) is 5.56 Å². The molecule has 3 aromatic carbocycles. The van der Waals surface area contributed by atoms with E-state index >= 15 is 0 Å². The largest absolute Gasteiger partial charge is 0.489 e. The number of hydrogen-bond acceptors (Lipinski definition) is 4. The molecule has 0 aliphatic heterocycles. The van der Waals surface area contributed by atoms with Crippen LogP contribution in [0.3, 0.4) is 0 Å². The van der Waals surface area contributed by atoms with Crippen LogP contribution in [0.2, 0.25) is 0 Å². The van der Waals surface area contributed by atoms with E-state index in [1.165, 1.54) is 0 Å². The summed E-state index contributed by atoms with van der Waals surface area (Å²) < 4.78 is 5.80. The Hall–Kier alpha value is -4.19. The van der Waals surface area contributed by atoms with Crippen LogP contribution in [0, 0.1) is 0 Å². The molecular formula is C24H20N4O2. The molecule has 148 valence electrons. The molecule has 0 unspecified atom stereocenters. The summed E-state index contributed by atoms with van der Waals surface area (Å²) in [6, 6.07) is 28.8. The Morgan fingerprint density at radius 2 is 1.67 bits per heavy atom. The van der Waals surface area contributed by atoms with Crippen molar-refractivity contribution in [1.82, 2.24) is 15.6 Å². The van der Waals surface area contributed by atoms with Gasteiger partial charge in [-0.15, -0.1) is 0 Å². The zero-order chi connectivity index (χ0) is 20.6. The van der Waals surface area contributed by atoms with Crippen molar-refractivity contribution in [3.05, 3.63) is 108 Å². The second-order valence-corrected chi connectivity index (χ2v) is 6.58. The molecule has 0 spiro atoms. The number of aromatic amines is 1. The average molecular weight is 396 g/mol. The maximum absolute atomic E-state index is 12.2. The van der Waals surface area contributed by atoms with E-state index in [1.807, 2.05) is 84.9 Å². The second kappa shape index (κ2) is 9.34. The molecule has 0 aliphatic carbocycles. The third-order valence-electron chi connectivity index (χ3n) is 4.40. The number of nitrogens with one attached hydrogen (secondary N) is 2. The topological polar surface area (TPSA) is 79.4 Å². The van der Waals surface area contributed by atoms with Gasteiger partial charge in [0.15, 0.2) is 0 Å². The zero-order valence-corrected chi connectivity index (χ0v) is 16.2. The van der Waals surface area contributed by atoms with Crippen molar-refractivity contribution in [2.45, 2.75) is 6.61 Å². The molecule has 0 radical (unpaired) electrons. The van der Waals surface area contributed by atoms with Crippen molar-refractivity contribution in [2.24, 2.45) is 5.10 Å². The van der Waals surface area contributed by atoms with E-state index in [-0.39, 0.29) is 5.91 Å². The number of rotatable bonds is 7. The highest BCUT2D eigenvalue weighted by molar-refractivity contribution is 5.94. The first-order chi connectivity index (χ1) is 14.8. The third kappa shape index (κ3) is 4.99. The lowest BCUT2D eigenvalue weighted by Crippen LogP contribution is -2.17. The fourth-order valence-electron chi connectivity index (χ4n) is 2.81. The van der Waals surface area contributed by atoms with Crippen LogP contribution in [0.15, 0.2) is 96.1 Å². The smallest absolute Gasteiger partial charge is 0.289 e. The van der Waals surface area contributed by atoms with Crippen molar-refractivity contribution in [3.8, 4) is 17.0 Å². The van der Waals surface area contributed by atoms with Crippen LogP contribution in [-0.4, -0.2) is 22.3 Å². The molecule has 6 nitrogen and oxygen atoms in total. The first kappa shape index (κ1) is 19.1. The van der Waals surface area contributed by atoms with Gasteiger partial charge in [0.25, 0.3) is 5.91 Å². The Morgan fingerprint density at radius 1 is 0.967 bits per heavy atom. The molecule has 0 saturated carbocycles. The van der Waals surface area contributed by atoms with Crippen molar-refractivity contribution in [1.29, 1.82) is 0 Å². The molecule has 6 heteroatoms. The van der Waals surface area contributed by atoms with E-state index in [2.05, 4.69) is 20.7 Å². The quantitative estimate of drug-likeness (QED) is 0.358. The Kier molecular flexibility index (Phi) is 5.96. The minimum atomic E-state index is -0.358. The van der Waals surface area contributed by atoms with Crippen molar-refractivity contribution in [2.75, 3.05) is 0 Å². The van der Waals surface area contributed by atoms with Gasteiger partial charge < -0.3 is 4.74 Å². The van der Waals surface area contributed by atoms with Gasteiger partial charge in [0.2, 0.25) is 0 Å². The number of H-pyrrole nitrogens is 1. The van der Waals surface area contributed by atoms with Crippen LogP contribution >= 0.6 is 0 Å². The van der Waals surface area contributed by atoms with Crippen molar-refractivity contribution in [3.63, 3.8) is 0 Å². The van der Waals surface area contributed by atoms with E-state index in [9.17, 15) is 4.79 Å². The molecule has 4 rings (SSSR count). The number of ether oxygens (including phenoxy) is 1. The van der Waals surface area contributed by atoms with Crippen LogP contribution < -0.4 is 10.2 Å². The molecular weight excluding hydrogens is 376 g/mol. The van der Waals surface area contributed by atoms with Gasteiger partial charge in [0.05, 0.1) is 11.9 Å². The van der Waals surface area contributed by atoms with Crippen LogP contribution in [0.25, 0.3) is 11.3 Å². The van der Waals surface area contributed by atoms with E-state index < -0.39 is 0 Å². The van der Waals surface area contributed by atoms with Crippen molar-refractivity contribution >= 4 is 12.1 Å². The van der Waals surface area contributed by atoms with Gasteiger partial charge in [-0.2, -0.15) is 10.2 Å². The number of hydrazone groups is 1. The molecule has 0 saturated heterocycles.